The fourth-order valence-electron chi connectivity index (χ4n) is 9.95. The van der Waals surface area contributed by atoms with Crippen molar-refractivity contribution in [1.29, 1.82) is 0 Å². The summed E-state index contributed by atoms with van der Waals surface area (Å²) in [4.78, 5) is 10.5. The summed E-state index contributed by atoms with van der Waals surface area (Å²) >= 11 is 0. The standard InChI is InChI=1S/C58H37N5/c1-5-18-38(19-6-1)48-37-49(60-58(59-48)39-20-7-2-8-21-39)45-28-17-31-52-55(45)47-34-35-53-56(57(47)63(52)41-24-11-4-12-25-41)46-27-14-16-30-51(46)62(53)42-32-33-44-43-26-13-15-29-50(43)61(54(44)36-42)40-22-9-3-10-23-40/h1-37H. The number of para-hydroxylation sites is 4. The summed E-state index contributed by atoms with van der Waals surface area (Å²) in [6, 6.07) is 80.2. The lowest BCUT2D eigenvalue weighted by Gasteiger charge is -2.12. The summed E-state index contributed by atoms with van der Waals surface area (Å²) in [5.74, 6) is 0.699. The van der Waals surface area contributed by atoms with Crippen molar-refractivity contribution in [3.63, 3.8) is 0 Å². The summed E-state index contributed by atoms with van der Waals surface area (Å²) in [6.07, 6.45) is 0. The highest BCUT2D eigenvalue weighted by molar-refractivity contribution is 6.28. The van der Waals surface area contributed by atoms with Crippen LogP contribution in [-0.2, 0) is 0 Å². The molecule has 63 heavy (non-hydrogen) atoms. The summed E-state index contributed by atoms with van der Waals surface area (Å²) in [5.41, 5.74) is 15.2. The Hall–Kier alpha value is -8.54. The van der Waals surface area contributed by atoms with E-state index in [9.17, 15) is 0 Å². The highest BCUT2D eigenvalue weighted by atomic mass is 15.0. The van der Waals surface area contributed by atoms with Gasteiger partial charge in [-0.15, -0.1) is 0 Å². The number of nitrogens with zero attached hydrogens (tertiary/aromatic N) is 5. The molecular formula is C58H37N5. The zero-order chi connectivity index (χ0) is 41.4. The van der Waals surface area contributed by atoms with Gasteiger partial charge in [-0.3, -0.25) is 0 Å². The number of fused-ring (bicyclic) bond motifs is 10. The SMILES string of the molecule is c1ccc(-c2cc(-c3cccc4c3c3ccc5c(c6ccccc6n5-c5ccc6c7ccccc7n(-c7ccccc7)c6c5)c3n4-c3ccccc3)nc(-c3ccccc3)n2)cc1. The molecule has 0 N–H and O–H groups in total. The molecule has 0 aliphatic heterocycles. The van der Waals surface area contributed by atoms with E-state index in [1.54, 1.807) is 0 Å². The fourth-order valence-corrected chi connectivity index (χ4v) is 9.95. The van der Waals surface area contributed by atoms with Gasteiger partial charge in [-0.2, -0.15) is 0 Å². The van der Waals surface area contributed by atoms with Crippen molar-refractivity contribution in [3.05, 3.63) is 224 Å². The zero-order valence-electron chi connectivity index (χ0n) is 34.1. The van der Waals surface area contributed by atoms with E-state index in [1.165, 1.54) is 38.0 Å². The summed E-state index contributed by atoms with van der Waals surface area (Å²) in [6.45, 7) is 0. The van der Waals surface area contributed by atoms with Crippen LogP contribution in [0, 0.1) is 0 Å². The van der Waals surface area contributed by atoms with Crippen LogP contribution in [-0.4, -0.2) is 23.7 Å². The van der Waals surface area contributed by atoms with Gasteiger partial charge in [0.2, 0.25) is 0 Å². The zero-order valence-corrected chi connectivity index (χ0v) is 34.1. The molecule has 5 heteroatoms. The minimum atomic E-state index is 0.699. The number of benzene rings is 9. The molecule has 0 spiro atoms. The molecule has 5 nitrogen and oxygen atoms in total. The average Bonchev–Trinajstić information content (AvgIpc) is 4.00. The molecular weight excluding hydrogens is 767 g/mol. The Kier molecular flexibility index (Phi) is 7.84. The second-order valence-corrected chi connectivity index (χ2v) is 16.2. The number of hydrogen-bond acceptors (Lipinski definition) is 2. The third kappa shape index (κ3) is 5.43. The monoisotopic (exact) mass is 803 g/mol. The van der Waals surface area contributed by atoms with Gasteiger partial charge in [0.05, 0.1) is 44.5 Å². The van der Waals surface area contributed by atoms with E-state index in [1.807, 2.05) is 24.3 Å². The maximum atomic E-state index is 5.34. The first-order valence-corrected chi connectivity index (χ1v) is 21.4. The third-order valence-corrected chi connectivity index (χ3v) is 12.6. The maximum absolute atomic E-state index is 5.34. The number of rotatable bonds is 6. The topological polar surface area (TPSA) is 40.6 Å². The molecule has 0 unspecified atom stereocenters. The van der Waals surface area contributed by atoms with Gasteiger partial charge in [0.1, 0.15) is 0 Å². The molecule has 0 radical (unpaired) electrons. The van der Waals surface area contributed by atoms with Crippen molar-refractivity contribution in [2.24, 2.45) is 0 Å². The average molecular weight is 804 g/mol. The predicted molar refractivity (Wildman–Crippen MR) is 261 cm³/mol. The van der Waals surface area contributed by atoms with Gasteiger partial charge in [0.25, 0.3) is 0 Å². The number of hydrogen-bond donors (Lipinski definition) is 0. The van der Waals surface area contributed by atoms with Crippen LogP contribution in [0.2, 0.25) is 0 Å². The van der Waals surface area contributed by atoms with E-state index < -0.39 is 0 Å². The van der Waals surface area contributed by atoms with Crippen molar-refractivity contribution in [2.45, 2.75) is 0 Å². The van der Waals surface area contributed by atoms with Gasteiger partial charge in [-0.1, -0.05) is 158 Å². The maximum Gasteiger partial charge on any atom is 0.160 e. The Labute approximate surface area is 363 Å². The van der Waals surface area contributed by atoms with Crippen molar-refractivity contribution >= 4 is 65.4 Å². The Balaban J connectivity index is 1.12. The van der Waals surface area contributed by atoms with Gasteiger partial charge < -0.3 is 13.7 Å². The highest BCUT2D eigenvalue weighted by Crippen LogP contribution is 2.45. The Morgan fingerprint density at radius 1 is 0.286 bits per heavy atom. The Morgan fingerprint density at radius 3 is 1.54 bits per heavy atom. The van der Waals surface area contributed by atoms with Crippen molar-refractivity contribution in [1.82, 2.24) is 23.7 Å². The van der Waals surface area contributed by atoms with Gasteiger partial charge in [0, 0.05) is 66.1 Å². The van der Waals surface area contributed by atoms with Gasteiger partial charge >= 0.3 is 0 Å². The lowest BCUT2D eigenvalue weighted by molar-refractivity contribution is 1.15. The first-order valence-electron chi connectivity index (χ1n) is 21.4. The molecule has 0 aliphatic carbocycles. The molecule has 0 bridgehead atoms. The van der Waals surface area contributed by atoms with E-state index in [-0.39, 0.29) is 0 Å². The van der Waals surface area contributed by atoms with Crippen LogP contribution >= 0.6 is 0 Å². The van der Waals surface area contributed by atoms with E-state index >= 15 is 0 Å². The van der Waals surface area contributed by atoms with Crippen LogP contribution in [0.3, 0.4) is 0 Å². The molecule has 4 aromatic heterocycles. The highest BCUT2D eigenvalue weighted by Gasteiger charge is 2.24. The molecule has 13 rings (SSSR count). The summed E-state index contributed by atoms with van der Waals surface area (Å²) < 4.78 is 7.31. The summed E-state index contributed by atoms with van der Waals surface area (Å²) in [7, 11) is 0. The van der Waals surface area contributed by atoms with Crippen molar-refractivity contribution in [3.8, 4) is 51.0 Å². The number of aromatic nitrogens is 5. The minimum absolute atomic E-state index is 0.699. The normalized spacial score (nSPS) is 11.8. The van der Waals surface area contributed by atoms with Gasteiger partial charge in [-0.05, 0) is 66.7 Å². The fraction of sp³-hybridized carbons (Fsp3) is 0. The van der Waals surface area contributed by atoms with Crippen LogP contribution in [0.5, 0.6) is 0 Å². The largest absolute Gasteiger partial charge is 0.309 e. The van der Waals surface area contributed by atoms with Crippen LogP contribution in [0.25, 0.3) is 116 Å². The molecule has 9 aromatic carbocycles. The molecule has 294 valence electrons. The van der Waals surface area contributed by atoms with E-state index in [0.717, 1.165) is 72.6 Å². The van der Waals surface area contributed by atoms with Crippen LogP contribution in [0.15, 0.2) is 224 Å². The third-order valence-electron chi connectivity index (χ3n) is 12.6. The molecule has 0 saturated carbocycles. The minimum Gasteiger partial charge on any atom is -0.309 e. The Bertz CT molecular complexity index is 3820. The van der Waals surface area contributed by atoms with Gasteiger partial charge in [-0.25, -0.2) is 9.97 Å². The second kappa shape index (κ2) is 14.0. The first kappa shape index (κ1) is 35.2. The lowest BCUT2D eigenvalue weighted by Crippen LogP contribution is -1.97. The molecule has 0 aliphatic rings. The summed E-state index contributed by atoms with van der Waals surface area (Å²) in [5, 5.41) is 7.19. The van der Waals surface area contributed by atoms with Crippen LogP contribution in [0.4, 0.5) is 0 Å². The molecule has 0 atom stereocenters. The molecule has 0 fully saturated rings. The first-order chi connectivity index (χ1) is 31.3. The van der Waals surface area contributed by atoms with Crippen LogP contribution in [0.1, 0.15) is 0 Å². The van der Waals surface area contributed by atoms with E-state index in [0.29, 0.717) is 5.82 Å². The van der Waals surface area contributed by atoms with Crippen molar-refractivity contribution in [2.75, 3.05) is 0 Å². The Morgan fingerprint density at radius 2 is 0.810 bits per heavy atom. The second-order valence-electron chi connectivity index (χ2n) is 16.2. The van der Waals surface area contributed by atoms with Crippen molar-refractivity contribution < 1.29 is 0 Å². The van der Waals surface area contributed by atoms with E-state index in [2.05, 4.69) is 214 Å². The quantitative estimate of drug-likeness (QED) is 0.168. The molecule has 4 heterocycles. The lowest BCUT2D eigenvalue weighted by atomic mass is 10.0. The van der Waals surface area contributed by atoms with E-state index in [4.69, 9.17) is 9.97 Å². The van der Waals surface area contributed by atoms with Gasteiger partial charge in [0.15, 0.2) is 5.82 Å². The molecule has 13 aromatic rings. The van der Waals surface area contributed by atoms with Crippen LogP contribution < -0.4 is 0 Å². The smallest absolute Gasteiger partial charge is 0.160 e. The molecule has 0 saturated heterocycles. The predicted octanol–water partition coefficient (Wildman–Crippen LogP) is 14.8. The molecule has 0 amide bonds.